The minimum absolute atomic E-state index is 0.0469. The average Bonchev–Trinajstić information content (AvgIpc) is 2.94. The van der Waals surface area contributed by atoms with Gasteiger partial charge in [0, 0.05) is 36.7 Å². The molecule has 22 heavy (non-hydrogen) atoms. The van der Waals surface area contributed by atoms with Gasteiger partial charge in [0.05, 0.1) is 25.0 Å². The fraction of sp³-hybridized carbons (Fsp3) is 0.467. The van der Waals surface area contributed by atoms with Crippen molar-refractivity contribution in [3.05, 3.63) is 29.7 Å². The maximum atomic E-state index is 9.12. The molecule has 3 heterocycles. The van der Waals surface area contributed by atoms with Crippen molar-refractivity contribution in [2.45, 2.75) is 25.0 Å². The quantitative estimate of drug-likeness (QED) is 0.843. The first-order valence-electron chi connectivity index (χ1n) is 7.30. The number of aliphatic hydroxyl groups excluding tert-OH is 1. The van der Waals surface area contributed by atoms with Crippen molar-refractivity contribution in [1.82, 2.24) is 14.8 Å². The van der Waals surface area contributed by atoms with Gasteiger partial charge < -0.3 is 15.2 Å². The number of hydrogen-bond donors (Lipinski definition) is 2. The lowest BCUT2D eigenvalue weighted by molar-refractivity contribution is -0.0223. The molecule has 2 atom stereocenters. The zero-order chi connectivity index (χ0) is 15.5. The molecule has 0 spiro atoms. The summed E-state index contributed by atoms with van der Waals surface area (Å²) < 4.78 is 7.36. The number of aryl methyl sites for hydroxylation is 1. The third-order valence-corrected chi connectivity index (χ3v) is 4.00. The number of hydrogen-bond acceptors (Lipinski definition) is 5. The normalized spacial score (nSPS) is 21.8. The summed E-state index contributed by atoms with van der Waals surface area (Å²) in [6.07, 6.45) is 5.35. The highest BCUT2D eigenvalue weighted by atomic mass is 35.5. The molecule has 118 valence electrons. The largest absolute Gasteiger partial charge is 0.394 e. The Labute approximate surface area is 134 Å². The van der Waals surface area contributed by atoms with Crippen molar-refractivity contribution in [1.29, 1.82) is 0 Å². The Balaban J connectivity index is 1.79. The van der Waals surface area contributed by atoms with Crippen LogP contribution in [0.3, 0.4) is 0 Å². The first-order chi connectivity index (χ1) is 10.7. The van der Waals surface area contributed by atoms with E-state index in [9.17, 15) is 0 Å². The second kappa shape index (κ2) is 6.64. The molecule has 0 aromatic carbocycles. The predicted molar refractivity (Wildman–Crippen MR) is 84.9 cm³/mol. The van der Waals surface area contributed by atoms with Gasteiger partial charge in [0.25, 0.3) is 0 Å². The monoisotopic (exact) mass is 322 g/mol. The van der Waals surface area contributed by atoms with Crippen LogP contribution in [0, 0.1) is 0 Å². The molecule has 0 saturated carbocycles. The molecule has 0 amide bonds. The number of halogens is 1. The summed E-state index contributed by atoms with van der Waals surface area (Å²) in [4.78, 5) is 4.16. The molecule has 1 aliphatic rings. The van der Waals surface area contributed by atoms with Gasteiger partial charge in [-0.3, -0.25) is 4.68 Å². The summed E-state index contributed by atoms with van der Waals surface area (Å²) in [6.45, 7) is 0.639. The van der Waals surface area contributed by atoms with Crippen LogP contribution in [0.25, 0.3) is 11.3 Å². The van der Waals surface area contributed by atoms with Crippen molar-refractivity contribution in [3.63, 3.8) is 0 Å². The van der Waals surface area contributed by atoms with Crippen LogP contribution < -0.4 is 5.32 Å². The topological polar surface area (TPSA) is 72.2 Å². The van der Waals surface area contributed by atoms with Crippen LogP contribution in [0.1, 0.15) is 12.8 Å². The maximum absolute atomic E-state index is 9.12. The summed E-state index contributed by atoms with van der Waals surface area (Å²) in [5, 5.41) is 17.4. The number of nitrogens with one attached hydrogen (secondary N) is 1. The van der Waals surface area contributed by atoms with Gasteiger partial charge in [-0.2, -0.15) is 5.10 Å². The smallest absolute Gasteiger partial charge is 0.131 e. The van der Waals surface area contributed by atoms with E-state index in [2.05, 4.69) is 15.4 Å². The molecular formula is C15H19ClN4O2. The maximum Gasteiger partial charge on any atom is 0.131 e. The van der Waals surface area contributed by atoms with Crippen LogP contribution in [0.4, 0.5) is 5.69 Å². The summed E-state index contributed by atoms with van der Waals surface area (Å²) in [7, 11) is 1.88. The second-order valence-corrected chi connectivity index (χ2v) is 5.87. The van der Waals surface area contributed by atoms with E-state index in [0.29, 0.717) is 11.8 Å². The molecule has 2 aromatic heterocycles. The van der Waals surface area contributed by atoms with E-state index in [1.165, 1.54) is 0 Å². The Morgan fingerprint density at radius 1 is 1.50 bits per heavy atom. The zero-order valence-electron chi connectivity index (χ0n) is 12.4. The molecule has 0 bridgehead atoms. The fourth-order valence-corrected chi connectivity index (χ4v) is 2.75. The van der Waals surface area contributed by atoms with Crippen LogP contribution in [0.2, 0.25) is 5.15 Å². The van der Waals surface area contributed by atoms with E-state index < -0.39 is 0 Å². The minimum atomic E-state index is -0.0469. The molecule has 2 aromatic rings. The fourth-order valence-electron chi connectivity index (χ4n) is 2.60. The van der Waals surface area contributed by atoms with E-state index in [0.717, 1.165) is 29.8 Å². The lowest BCUT2D eigenvalue weighted by atomic mass is 10.0. The Morgan fingerprint density at radius 2 is 2.36 bits per heavy atom. The molecule has 0 radical (unpaired) electrons. The highest BCUT2D eigenvalue weighted by molar-refractivity contribution is 6.29. The van der Waals surface area contributed by atoms with Gasteiger partial charge in [-0.05, 0) is 25.0 Å². The molecular weight excluding hydrogens is 304 g/mol. The van der Waals surface area contributed by atoms with E-state index >= 15 is 0 Å². The molecule has 2 N–H and O–H groups in total. The van der Waals surface area contributed by atoms with Crippen molar-refractivity contribution in [3.8, 4) is 11.3 Å². The molecule has 7 heteroatoms. The number of nitrogens with zero attached hydrogens (tertiary/aromatic N) is 3. The lowest BCUT2D eigenvalue weighted by Crippen LogP contribution is -2.36. The van der Waals surface area contributed by atoms with Gasteiger partial charge in [-0.15, -0.1) is 0 Å². The van der Waals surface area contributed by atoms with Gasteiger partial charge in [0.1, 0.15) is 5.15 Å². The molecule has 6 nitrogen and oxygen atoms in total. The van der Waals surface area contributed by atoms with Crippen LogP contribution in [0.15, 0.2) is 24.5 Å². The number of ether oxygens (including phenoxy) is 1. The zero-order valence-corrected chi connectivity index (χ0v) is 13.1. The van der Waals surface area contributed by atoms with E-state index in [-0.39, 0.29) is 18.8 Å². The summed E-state index contributed by atoms with van der Waals surface area (Å²) in [6, 6.07) is 3.93. The Bertz CT molecular complexity index is 638. The highest BCUT2D eigenvalue weighted by Gasteiger charge is 2.22. The third-order valence-electron chi connectivity index (χ3n) is 3.79. The van der Waals surface area contributed by atoms with Crippen LogP contribution in [0.5, 0.6) is 0 Å². The average molecular weight is 323 g/mol. The van der Waals surface area contributed by atoms with Gasteiger partial charge in [0.2, 0.25) is 0 Å². The molecule has 1 aliphatic heterocycles. The Hall–Kier alpha value is -1.63. The van der Waals surface area contributed by atoms with Gasteiger partial charge in [0.15, 0.2) is 0 Å². The standard InChI is InChI=1S/C15H19ClN4O2/c1-20-5-4-13(19-20)12-7-17-15(16)6-14(12)18-10-2-3-11(8-21)22-9-10/h4-7,10-11,21H,2-3,8-9H2,1H3,(H,17,18)/t10-,11+/m0/s1. The third kappa shape index (κ3) is 3.40. The van der Waals surface area contributed by atoms with Crippen LogP contribution in [-0.2, 0) is 11.8 Å². The van der Waals surface area contributed by atoms with Crippen molar-refractivity contribution >= 4 is 17.3 Å². The van der Waals surface area contributed by atoms with Gasteiger partial charge in [-0.25, -0.2) is 4.98 Å². The Kier molecular flexibility index (Phi) is 4.61. The molecule has 0 unspecified atom stereocenters. The van der Waals surface area contributed by atoms with Gasteiger partial charge >= 0.3 is 0 Å². The first kappa shape index (κ1) is 15.3. The van der Waals surface area contributed by atoms with E-state index in [1.807, 2.05) is 25.4 Å². The SMILES string of the molecule is Cn1ccc(-c2cnc(Cl)cc2N[C@H]2CC[C@H](CO)OC2)n1. The minimum Gasteiger partial charge on any atom is -0.394 e. The molecule has 1 saturated heterocycles. The van der Waals surface area contributed by atoms with Crippen molar-refractivity contribution < 1.29 is 9.84 Å². The molecule has 3 rings (SSSR count). The summed E-state index contributed by atoms with van der Waals surface area (Å²) >= 11 is 6.03. The van der Waals surface area contributed by atoms with E-state index in [1.54, 1.807) is 10.9 Å². The van der Waals surface area contributed by atoms with Gasteiger partial charge in [-0.1, -0.05) is 11.6 Å². The number of rotatable bonds is 4. The summed E-state index contributed by atoms with van der Waals surface area (Å²) in [5.74, 6) is 0. The molecule has 1 fully saturated rings. The van der Waals surface area contributed by atoms with Crippen LogP contribution >= 0.6 is 11.6 Å². The summed E-state index contributed by atoms with van der Waals surface area (Å²) in [5.41, 5.74) is 2.66. The lowest BCUT2D eigenvalue weighted by Gasteiger charge is -2.29. The first-order valence-corrected chi connectivity index (χ1v) is 7.68. The van der Waals surface area contributed by atoms with Crippen molar-refractivity contribution in [2.75, 3.05) is 18.5 Å². The number of aromatic nitrogens is 3. The predicted octanol–water partition coefficient (Wildman–Crippen LogP) is 2.09. The Morgan fingerprint density at radius 3 is 3.00 bits per heavy atom. The number of aliphatic hydroxyl groups is 1. The number of anilines is 1. The van der Waals surface area contributed by atoms with E-state index in [4.69, 9.17) is 21.4 Å². The second-order valence-electron chi connectivity index (χ2n) is 5.48. The number of pyridine rings is 1. The van der Waals surface area contributed by atoms with Crippen LogP contribution in [-0.4, -0.2) is 45.2 Å². The molecule has 0 aliphatic carbocycles. The van der Waals surface area contributed by atoms with Crippen molar-refractivity contribution in [2.24, 2.45) is 7.05 Å². The highest BCUT2D eigenvalue weighted by Crippen LogP contribution is 2.29.